The highest BCUT2D eigenvalue weighted by Gasteiger charge is 2.29. The number of rotatable bonds is 1. The Morgan fingerprint density at radius 1 is 1.78 bits per heavy atom. The van der Waals surface area contributed by atoms with Crippen LogP contribution in [0.25, 0.3) is 0 Å². The molecule has 1 heterocycles. The molecule has 0 spiro atoms. The molecule has 5 heteroatoms. The predicted octanol–water partition coefficient (Wildman–Crippen LogP) is 2.73. The average Bonchev–Trinajstić information content (AvgIpc) is 2.13. The lowest BCUT2D eigenvalue weighted by Gasteiger charge is -2.08. The topological polar surface area (TPSA) is 9.23 Å². The Bertz CT molecular complexity index is 149. The number of hydrogen-bond acceptors (Lipinski definition) is 4. The molecule has 0 saturated carbocycles. The molecule has 1 aliphatic rings. The largest absolute Gasteiger partial charge is 0.337 e. The summed E-state index contributed by atoms with van der Waals surface area (Å²) < 4.78 is 3.78. The van der Waals surface area contributed by atoms with E-state index in [1.807, 2.05) is 22.8 Å². The molecule has 0 aromatic rings. The van der Waals surface area contributed by atoms with Crippen LogP contribution in [0.2, 0.25) is 0 Å². The highest BCUT2D eigenvalue weighted by Crippen LogP contribution is 2.75. The van der Waals surface area contributed by atoms with E-state index in [0.29, 0.717) is 5.25 Å². The molecule has 1 aliphatic heterocycles. The molecule has 0 aromatic heterocycles. The molecule has 1 nitrogen and oxygen atoms in total. The smallest absolute Gasteiger partial charge is 0.174 e. The van der Waals surface area contributed by atoms with Crippen molar-refractivity contribution >= 4 is 39.2 Å². The van der Waals surface area contributed by atoms with Crippen LogP contribution < -0.4 is 0 Å². The van der Waals surface area contributed by atoms with Gasteiger partial charge in [0.15, 0.2) is 4.67 Å². The van der Waals surface area contributed by atoms with Crippen molar-refractivity contribution in [1.82, 2.24) is 0 Å². The Labute approximate surface area is 68.9 Å². The van der Waals surface area contributed by atoms with Crippen molar-refractivity contribution < 1.29 is 4.52 Å². The normalized spacial score (nSPS) is 43.6. The Morgan fingerprint density at radius 3 is 2.67 bits per heavy atom. The molecule has 2 atom stereocenters. The van der Waals surface area contributed by atoms with Crippen LogP contribution >= 0.6 is 27.4 Å². The molecule has 1 rings (SSSR count). The van der Waals surface area contributed by atoms with E-state index in [-0.39, 0.29) is 0 Å². The van der Waals surface area contributed by atoms with Gasteiger partial charge in [-0.25, -0.2) is 0 Å². The van der Waals surface area contributed by atoms with Crippen LogP contribution in [0.3, 0.4) is 0 Å². The summed E-state index contributed by atoms with van der Waals surface area (Å²) in [5.41, 5.74) is 0. The van der Waals surface area contributed by atoms with Gasteiger partial charge in [0.05, 0.1) is 0 Å². The molecule has 0 amide bonds. The van der Waals surface area contributed by atoms with Gasteiger partial charge < -0.3 is 4.52 Å². The lowest BCUT2D eigenvalue weighted by Crippen LogP contribution is -1.88. The van der Waals surface area contributed by atoms with Gasteiger partial charge in [0.2, 0.25) is 0 Å². The predicted molar refractivity (Wildman–Crippen MR) is 50.8 cm³/mol. The van der Waals surface area contributed by atoms with Crippen LogP contribution in [0, 0.1) is 0 Å². The van der Waals surface area contributed by atoms with Crippen LogP contribution in [0.4, 0.5) is 0 Å². The van der Waals surface area contributed by atoms with Crippen molar-refractivity contribution in [3.8, 4) is 0 Å². The van der Waals surface area contributed by atoms with Gasteiger partial charge in [-0.3, -0.25) is 0 Å². The fraction of sp³-hybridized carbons (Fsp3) is 1.00. The van der Waals surface area contributed by atoms with Gasteiger partial charge in [-0.05, 0) is 11.8 Å². The molecule has 0 radical (unpaired) electrons. The van der Waals surface area contributed by atoms with Crippen LogP contribution in [-0.4, -0.2) is 18.1 Å². The summed E-state index contributed by atoms with van der Waals surface area (Å²) in [6, 6.07) is 0. The van der Waals surface area contributed by atoms with Crippen LogP contribution in [0.1, 0.15) is 6.92 Å². The Kier molecular flexibility index (Phi) is 2.93. The lowest BCUT2D eigenvalue weighted by atomic mass is 10.6. The zero-order valence-electron chi connectivity index (χ0n) is 5.36. The maximum absolute atomic E-state index is 5.26. The second kappa shape index (κ2) is 3.14. The van der Waals surface area contributed by atoms with Crippen molar-refractivity contribution in [2.75, 3.05) is 12.9 Å². The zero-order valence-corrected chi connectivity index (χ0v) is 8.71. The monoisotopic (exact) mass is 200 g/mol. The maximum Gasteiger partial charge on any atom is 0.174 e. The third-order valence-corrected chi connectivity index (χ3v) is 11.4. The maximum atomic E-state index is 5.26. The van der Waals surface area contributed by atoms with Crippen molar-refractivity contribution in [3.05, 3.63) is 0 Å². The molecule has 0 N–H and O–H groups in total. The van der Waals surface area contributed by atoms with E-state index >= 15 is 0 Å². The van der Waals surface area contributed by atoms with E-state index in [4.69, 9.17) is 16.3 Å². The standard InChI is InChI=1S/C4H9OPS3/c1-4-3-8-6(7,5-2)9-4/h4H,3H2,1-2H3/t4-,6-/m1/s1. The van der Waals surface area contributed by atoms with E-state index in [1.165, 1.54) is 0 Å². The van der Waals surface area contributed by atoms with E-state index in [1.54, 1.807) is 7.11 Å². The molecular formula is C4H9OPS3. The minimum Gasteiger partial charge on any atom is -0.337 e. The van der Waals surface area contributed by atoms with Gasteiger partial charge in [-0.1, -0.05) is 29.7 Å². The van der Waals surface area contributed by atoms with Crippen LogP contribution in [0.15, 0.2) is 0 Å². The third kappa shape index (κ3) is 2.12. The Morgan fingerprint density at radius 2 is 2.44 bits per heavy atom. The summed E-state index contributed by atoms with van der Waals surface area (Å²) in [6.07, 6.45) is 0. The van der Waals surface area contributed by atoms with Crippen molar-refractivity contribution in [2.45, 2.75) is 12.2 Å². The van der Waals surface area contributed by atoms with E-state index < -0.39 is 4.67 Å². The summed E-state index contributed by atoms with van der Waals surface area (Å²) in [5.74, 6) is 1.16. The molecular weight excluding hydrogens is 191 g/mol. The van der Waals surface area contributed by atoms with E-state index in [0.717, 1.165) is 5.75 Å². The zero-order chi connectivity index (χ0) is 6.91. The minimum atomic E-state index is -1.44. The molecule has 1 saturated heterocycles. The first-order valence-electron chi connectivity index (χ1n) is 2.65. The van der Waals surface area contributed by atoms with Gasteiger partial charge >= 0.3 is 0 Å². The van der Waals surface area contributed by atoms with Crippen molar-refractivity contribution in [2.24, 2.45) is 0 Å². The van der Waals surface area contributed by atoms with Gasteiger partial charge in [0.1, 0.15) is 0 Å². The van der Waals surface area contributed by atoms with Crippen molar-refractivity contribution in [1.29, 1.82) is 0 Å². The average molecular weight is 200 g/mol. The summed E-state index contributed by atoms with van der Waals surface area (Å²) >= 11 is 8.91. The summed E-state index contributed by atoms with van der Waals surface area (Å²) in [7, 11) is 1.72. The first kappa shape index (κ1) is 8.41. The molecule has 0 unspecified atom stereocenters. The lowest BCUT2D eigenvalue weighted by molar-refractivity contribution is 0.480. The Balaban J connectivity index is 2.55. The second-order valence-electron chi connectivity index (χ2n) is 1.84. The first-order chi connectivity index (χ1) is 4.16. The number of hydrogen-bond donors (Lipinski definition) is 0. The first-order valence-corrected chi connectivity index (χ1v) is 8.44. The fourth-order valence-corrected chi connectivity index (χ4v) is 10.5. The molecule has 1 fully saturated rings. The van der Waals surface area contributed by atoms with Gasteiger partial charge in [-0.15, -0.1) is 0 Å². The molecule has 0 bridgehead atoms. The quantitative estimate of drug-likeness (QED) is 0.601. The van der Waals surface area contributed by atoms with E-state index in [2.05, 4.69) is 6.92 Å². The minimum absolute atomic E-state index is 0.695. The fourth-order valence-electron chi connectivity index (χ4n) is 0.573. The molecule has 9 heavy (non-hydrogen) atoms. The van der Waals surface area contributed by atoms with Gasteiger partial charge in [0.25, 0.3) is 0 Å². The second-order valence-corrected chi connectivity index (χ2v) is 12.8. The molecule has 0 aliphatic carbocycles. The summed E-state index contributed by atoms with van der Waals surface area (Å²) in [4.78, 5) is 0. The highest BCUT2D eigenvalue weighted by molar-refractivity contribution is 9.00. The summed E-state index contributed by atoms with van der Waals surface area (Å²) in [5, 5.41) is 0.695. The van der Waals surface area contributed by atoms with E-state index in [9.17, 15) is 0 Å². The van der Waals surface area contributed by atoms with Crippen molar-refractivity contribution in [3.63, 3.8) is 0 Å². The SMILES string of the molecule is CO[P@@]1(=S)SC[C@@H](C)S1. The molecule has 54 valence electrons. The Hall–Kier alpha value is 1.31. The van der Waals surface area contributed by atoms with Gasteiger partial charge in [0, 0.05) is 18.1 Å². The third-order valence-electron chi connectivity index (χ3n) is 1.00. The summed E-state index contributed by atoms with van der Waals surface area (Å²) in [6.45, 7) is 2.20. The molecule has 0 aromatic carbocycles. The van der Waals surface area contributed by atoms with Crippen LogP contribution in [0.5, 0.6) is 0 Å². The highest BCUT2D eigenvalue weighted by atomic mass is 33.2. The van der Waals surface area contributed by atoms with Gasteiger partial charge in [-0.2, -0.15) is 0 Å². The van der Waals surface area contributed by atoms with Crippen LogP contribution in [-0.2, 0) is 16.3 Å².